The Morgan fingerprint density at radius 2 is 2.11 bits per heavy atom. The molecule has 0 bridgehead atoms. The molecule has 0 aromatic heterocycles. The summed E-state index contributed by atoms with van der Waals surface area (Å²) in [6, 6.07) is 6.21. The molecule has 106 valence electrons. The first-order valence-corrected chi connectivity index (χ1v) is 7.12. The van der Waals surface area contributed by atoms with Crippen LogP contribution in [0.3, 0.4) is 0 Å². The van der Waals surface area contributed by atoms with Crippen LogP contribution in [-0.4, -0.2) is 20.2 Å². The van der Waals surface area contributed by atoms with Crippen LogP contribution in [-0.2, 0) is 0 Å². The van der Waals surface area contributed by atoms with E-state index in [9.17, 15) is 0 Å². The molecule has 0 unspecified atom stereocenters. The van der Waals surface area contributed by atoms with E-state index in [4.69, 9.17) is 10.5 Å². The Hall–Kier alpha value is -1.22. The van der Waals surface area contributed by atoms with Crippen molar-refractivity contribution in [3.8, 4) is 5.75 Å². The molecule has 0 spiro atoms. The molecule has 0 amide bonds. The first-order valence-electron chi connectivity index (χ1n) is 7.12. The summed E-state index contributed by atoms with van der Waals surface area (Å²) in [5.41, 5.74) is 8.90. The molecule has 1 aromatic carbocycles. The van der Waals surface area contributed by atoms with E-state index in [0.717, 1.165) is 24.4 Å². The van der Waals surface area contributed by atoms with Gasteiger partial charge in [0.1, 0.15) is 5.75 Å². The van der Waals surface area contributed by atoms with Gasteiger partial charge in [-0.1, -0.05) is 19.9 Å². The third-order valence-corrected chi connectivity index (χ3v) is 3.96. The molecule has 1 aromatic rings. The zero-order valence-electron chi connectivity index (χ0n) is 12.6. The van der Waals surface area contributed by atoms with Crippen molar-refractivity contribution in [3.05, 3.63) is 23.8 Å². The van der Waals surface area contributed by atoms with Crippen molar-refractivity contribution in [2.45, 2.75) is 39.7 Å². The Morgan fingerprint density at radius 1 is 1.37 bits per heavy atom. The highest BCUT2D eigenvalue weighted by atomic mass is 16.5. The summed E-state index contributed by atoms with van der Waals surface area (Å²) in [6.45, 7) is 8.89. The summed E-state index contributed by atoms with van der Waals surface area (Å²) in [5, 5.41) is 0. The Bertz CT molecular complexity index is 440. The Balaban J connectivity index is 2.38. The summed E-state index contributed by atoms with van der Waals surface area (Å²) in [4.78, 5) is 2.46. The largest absolute Gasteiger partial charge is 0.496 e. The minimum atomic E-state index is -0.0174. The molecule has 0 radical (unpaired) electrons. The molecule has 1 aliphatic rings. The second-order valence-corrected chi connectivity index (χ2v) is 6.37. The molecule has 3 nitrogen and oxygen atoms in total. The number of hydrogen-bond acceptors (Lipinski definition) is 3. The normalized spacial score (nSPS) is 20.2. The summed E-state index contributed by atoms with van der Waals surface area (Å²) in [6.07, 6.45) is 2.53. The van der Waals surface area contributed by atoms with Crippen molar-refractivity contribution in [2.24, 2.45) is 11.1 Å². The van der Waals surface area contributed by atoms with E-state index in [2.05, 4.69) is 30.9 Å². The van der Waals surface area contributed by atoms with E-state index in [1.54, 1.807) is 7.11 Å². The van der Waals surface area contributed by atoms with Crippen LogP contribution in [0, 0.1) is 5.41 Å². The summed E-state index contributed by atoms with van der Waals surface area (Å²) < 4.78 is 5.48. The van der Waals surface area contributed by atoms with E-state index in [-0.39, 0.29) is 6.04 Å². The second kappa shape index (κ2) is 5.41. The number of ether oxygens (including phenoxy) is 1. The van der Waals surface area contributed by atoms with Crippen LogP contribution in [0.25, 0.3) is 0 Å². The SMILES string of the molecule is COc1cccc(N2CCCC(C)(C)C2)c1[C@H](C)N. The molecule has 19 heavy (non-hydrogen) atoms. The molecule has 1 aliphatic heterocycles. The highest BCUT2D eigenvalue weighted by Crippen LogP contribution is 2.38. The Morgan fingerprint density at radius 3 is 2.68 bits per heavy atom. The molecule has 2 N–H and O–H groups in total. The average Bonchev–Trinajstić information content (AvgIpc) is 2.36. The van der Waals surface area contributed by atoms with Gasteiger partial charge in [-0.05, 0) is 37.3 Å². The van der Waals surface area contributed by atoms with E-state index in [0.29, 0.717) is 5.41 Å². The summed E-state index contributed by atoms with van der Waals surface area (Å²) >= 11 is 0. The quantitative estimate of drug-likeness (QED) is 0.908. The van der Waals surface area contributed by atoms with Gasteiger partial charge in [0, 0.05) is 30.4 Å². The van der Waals surface area contributed by atoms with Gasteiger partial charge in [0.05, 0.1) is 7.11 Å². The van der Waals surface area contributed by atoms with Crippen LogP contribution in [0.4, 0.5) is 5.69 Å². The smallest absolute Gasteiger partial charge is 0.125 e. The monoisotopic (exact) mass is 262 g/mol. The number of anilines is 1. The van der Waals surface area contributed by atoms with E-state index in [1.165, 1.54) is 18.5 Å². The van der Waals surface area contributed by atoms with Crippen LogP contribution >= 0.6 is 0 Å². The van der Waals surface area contributed by atoms with E-state index < -0.39 is 0 Å². The van der Waals surface area contributed by atoms with Crippen molar-refractivity contribution >= 4 is 5.69 Å². The Kier molecular flexibility index (Phi) is 4.04. The van der Waals surface area contributed by atoms with Crippen molar-refractivity contribution in [2.75, 3.05) is 25.1 Å². The van der Waals surface area contributed by atoms with Crippen molar-refractivity contribution in [1.29, 1.82) is 0 Å². The maximum atomic E-state index is 6.16. The second-order valence-electron chi connectivity index (χ2n) is 6.37. The molecular formula is C16H26N2O. The third kappa shape index (κ3) is 3.03. The number of methoxy groups -OCH3 is 1. The van der Waals surface area contributed by atoms with Crippen LogP contribution in [0.15, 0.2) is 18.2 Å². The lowest BCUT2D eigenvalue weighted by Crippen LogP contribution is -2.40. The van der Waals surface area contributed by atoms with Gasteiger partial charge in [0.2, 0.25) is 0 Å². The lowest BCUT2D eigenvalue weighted by atomic mass is 9.83. The average molecular weight is 262 g/mol. The maximum Gasteiger partial charge on any atom is 0.125 e. The van der Waals surface area contributed by atoms with E-state index >= 15 is 0 Å². The first kappa shape index (κ1) is 14.2. The fraction of sp³-hybridized carbons (Fsp3) is 0.625. The minimum absolute atomic E-state index is 0.0174. The molecule has 2 rings (SSSR count). The summed E-state index contributed by atoms with van der Waals surface area (Å²) in [7, 11) is 1.71. The number of hydrogen-bond donors (Lipinski definition) is 1. The van der Waals surface area contributed by atoms with Crippen molar-refractivity contribution < 1.29 is 4.74 Å². The third-order valence-electron chi connectivity index (χ3n) is 3.96. The fourth-order valence-corrected chi connectivity index (χ4v) is 3.07. The van der Waals surface area contributed by atoms with Gasteiger partial charge in [-0.15, -0.1) is 0 Å². The first-order chi connectivity index (χ1) is 8.94. The molecule has 1 heterocycles. The maximum absolute atomic E-state index is 6.16. The van der Waals surface area contributed by atoms with Gasteiger partial charge in [-0.25, -0.2) is 0 Å². The zero-order valence-corrected chi connectivity index (χ0v) is 12.6. The van der Waals surface area contributed by atoms with Gasteiger partial charge in [-0.3, -0.25) is 0 Å². The zero-order chi connectivity index (χ0) is 14.0. The molecule has 1 saturated heterocycles. The fourth-order valence-electron chi connectivity index (χ4n) is 3.07. The van der Waals surface area contributed by atoms with Gasteiger partial charge in [0.15, 0.2) is 0 Å². The van der Waals surface area contributed by atoms with Crippen LogP contribution in [0.1, 0.15) is 45.2 Å². The standard InChI is InChI=1S/C16H26N2O/c1-12(17)15-13(7-5-8-14(15)19-4)18-10-6-9-16(2,3)11-18/h5,7-8,12H,6,9-11,17H2,1-4H3/t12-/m0/s1. The number of benzene rings is 1. The van der Waals surface area contributed by atoms with Crippen LogP contribution in [0.2, 0.25) is 0 Å². The molecule has 1 atom stereocenters. The number of piperidine rings is 1. The topological polar surface area (TPSA) is 38.5 Å². The minimum Gasteiger partial charge on any atom is -0.496 e. The van der Waals surface area contributed by atoms with Gasteiger partial charge < -0.3 is 15.4 Å². The molecular weight excluding hydrogens is 236 g/mol. The number of rotatable bonds is 3. The van der Waals surface area contributed by atoms with Gasteiger partial charge in [0.25, 0.3) is 0 Å². The number of nitrogens with two attached hydrogens (primary N) is 1. The highest BCUT2D eigenvalue weighted by molar-refractivity contribution is 5.61. The summed E-state index contributed by atoms with van der Waals surface area (Å²) in [5.74, 6) is 0.899. The van der Waals surface area contributed by atoms with Crippen molar-refractivity contribution in [1.82, 2.24) is 0 Å². The van der Waals surface area contributed by atoms with Crippen LogP contribution < -0.4 is 15.4 Å². The van der Waals surface area contributed by atoms with Gasteiger partial charge >= 0.3 is 0 Å². The van der Waals surface area contributed by atoms with E-state index in [1.807, 2.05) is 13.0 Å². The highest BCUT2D eigenvalue weighted by Gasteiger charge is 2.28. The molecule has 0 saturated carbocycles. The Labute approximate surface area is 116 Å². The lowest BCUT2D eigenvalue weighted by Gasteiger charge is -2.40. The number of nitrogens with zero attached hydrogens (tertiary/aromatic N) is 1. The molecule has 3 heteroatoms. The van der Waals surface area contributed by atoms with Crippen molar-refractivity contribution in [3.63, 3.8) is 0 Å². The molecule has 1 fully saturated rings. The lowest BCUT2D eigenvalue weighted by molar-refractivity contribution is 0.292. The van der Waals surface area contributed by atoms with Gasteiger partial charge in [-0.2, -0.15) is 0 Å². The predicted octanol–water partition coefficient (Wildman–Crippen LogP) is 3.34. The van der Waals surface area contributed by atoms with Crippen LogP contribution in [0.5, 0.6) is 5.75 Å². The molecule has 0 aliphatic carbocycles. The predicted molar refractivity (Wildman–Crippen MR) is 80.8 cm³/mol.